The van der Waals surface area contributed by atoms with Gasteiger partial charge in [-0.25, -0.2) is 0 Å². The number of rotatable bonds is 8. The predicted octanol–water partition coefficient (Wildman–Crippen LogP) is 2.24. The summed E-state index contributed by atoms with van der Waals surface area (Å²) in [6.07, 6.45) is 0.502. The predicted molar refractivity (Wildman–Crippen MR) is 94.3 cm³/mol. The Bertz CT molecular complexity index is 620. The summed E-state index contributed by atoms with van der Waals surface area (Å²) in [5.41, 5.74) is 0.717. The van der Waals surface area contributed by atoms with Crippen molar-refractivity contribution in [2.24, 2.45) is 5.92 Å². The van der Waals surface area contributed by atoms with Crippen molar-refractivity contribution in [2.75, 3.05) is 13.2 Å². The average molecular weight is 346 g/mol. The van der Waals surface area contributed by atoms with E-state index in [1.54, 1.807) is 24.3 Å². The van der Waals surface area contributed by atoms with Gasteiger partial charge < -0.3 is 10.1 Å². The molecule has 1 aromatic carbocycles. The summed E-state index contributed by atoms with van der Waals surface area (Å²) >= 11 is 0. The van der Waals surface area contributed by atoms with Gasteiger partial charge in [0.05, 0.1) is 23.8 Å². The SMILES string of the molecule is CC(C)CC(C(=O)NCCOC(C)C)N1C(=O)c2ccccc2C1=O. The Hall–Kier alpha value is -2.21. The molecular weight excluding hydrogens is 320 g/mol. The van der Waals surface area contributed by atoms with Gasteiger partial charge in [-0.3, -0.25) is 19.3 Å². The van der Waals surface area contributed by atoms with E-state index in [-0.39, 0.29) is 17.9 Å². The van der Waals surface area contributed by atoms with Crippen molar-refractivity contribution >= 4 is 17.7 Å². The van der Waals surface area contributed by atoms with Gasteiger partial charge in [-0.1, -0.05) is 26.0 Å². The molecule has 1 aliphatic heterocycles. The molecule has 0 saturated heterocycles. The van der Waals surface area contributed by atoms with Gasteiger partial charge >= 0.3 is 0 Å². The number of benzene rings is 1. The van der Waals surface area contributed by atoms with Crippen LogP contribution in [0.5, 0.6) is 0 Å². The van der Waals surface area contributed by atoms with Crippen LogP contribution in [0.25, 0.3) is 0 Å². The number of ether oxygens (including phenoxy) is 1. The standard InChI is InChI=1S/C19H26N2O4/c1-12(2)11-16(17(22)20-9-10-25-13(3)4)21-18(23)14-7-5-6-8-15(14)19(21)24/h5-8,12-13,16H,9-11H2,1-4H3,(H,20,22). The minimum Gasteiger partial charge on any atom is -0.377 e. The summed E-state index contributed by atoms with van der Waals surface area (Å²) in [5.74, 6) is -0.970. The van der Waals surface area contributed by atoms with Gasteiger partial charge in [0.1, 0.15) is 6.04 Å². The molecule has 3 amide bonds. The quantitative estimate of drug-likeness (QED) is 0.578. The molecule has 0 saturated carbocycles. The molecule has 1 heterocycles. The highest BCUT2D eigenvalue weighted by molar-refractivity contribution is 6.22. The molecule has 136 valence electrons. The molecule has 0 radical (unpaired) electrons. The molecule has 0 aliphatic carbocycles. The Labute approximate surface area is 148 Å². The fraction of sp³-hybridized carbons (Fsp3) is 0.526. The Kier molecular flexibility index (Phi) is 6.31. The van der Waals surface area contributed by atoms with Crippen molar-refractivity contribution in [1.29, 1.82) is 0 Å². The van der Waals surface area contributed by atoms with E-state index in [1.807, 2.05) is 27.7 Å². The Morgan fingerprint density at radius 2 is 1.64 bits per heavy atom. The largest absolute Gasteiger partial charge is 0.377 e. The smallest absolute Gasteiger partial charge is 0.262 e. The molecule has 6 heteroatoms. The molecule has 1 atom stereocenters. The highest BCUT2D eigenvalue weighted by Gasteiger charge is 2.42. The first kappa shape index (κ1) is 19.1. The van der Waals surface area contributed by atoms with Crippen LogP contribution >= 0.6 is 0 Å². The number of imide groups is 1. The van der Waals surface area contributed by atoms with E-state index >= 15 is 0 Å². The van der Waals surface area contributed by atoms with Crippen LogP contribution in [0.3, 0.4) is 0 Å². The van der Waals surface area contributed by atoms with E-state index in [4.69, 9.17) is 4.74 Å². The maximum atomic E-state index is 12.7. The lowest BCUT2D eigenvalue weighted by atomic mass is 10.0. The molecule has 1 unspecified atom stereocenters. The Morgan fingerprint density at radius 1 is 1.08 bits per heavy atom. The number of nitrogens with one attached hydrogen (secondary N) is 1. The van der Waals surface area contributed by atoms with Crippen LogP contribution in [-0.2, 0) is 9.53 Å². The summed E-state index contributed by atoms with van der Waals surface area (Å²) in [4.78, 5) is 39.0. The third-order valence-electron chi connectivity index (χ3n) is 3.99. The first-order valence-corrected chi connectivity index (χ1v) is 8.69. The summed E-state index contributed by atoms with van der Waals surface area (Å²) in [7, 11) is 0. The molecule has 0 bridgehead atoms. The van der Waals surface area contributed by atoms with Crippen LogP contribution in [0.4, 0.5) is 0 Å². The van der Waals surface area contributed by atoms with Crippen LogP contribution in [0, 0.1) is 5.92 Å². The molecule has 0 spiro atoms. The van der Waals surface area contributed by atoms with Gasteiger partial charge in [0, 0.05) is 6.54 Å². The highest BCUT2D eigenvalue weighted by atomic mass is 16.5. The second kappa shape index (κ2) is 8.25. The fourth-order valence-corrected chi connectivity index (χ4v) is 2.85. The molecule has 0 aromatic heterocycles. The summed E-state index contributed by atoms with van der Waals surface area (Å²) in [6.45, 7) is 8.49. The molecule has 1 aromatic rings. The minimum absolute atomic E-state index is 0.0830. The molecule has 2 rings (SSSR count). The zero-order valence-corrected chi connectivity index (χ0v) is 15.2. The summed E-state index contributed by atoms with van der Waals surface area (Å²) in [5, 5.41) is 2.78. The van der Waals surface area contributed by atoms with Crippen molar-refractivity contribution in [3.63, 3.8) is 0 Å². The van der Waals surface area contributed by atoms with Crippen molar-refractivity contribution in [3.05, 3.63) is 35.4 Å². The van der Waals surface area contributed by atoms with Crippen LogP contribution in [0.2, 0.25) is 0 Å². The number of nitrogens with zero attached hydrogens (tertiary/aromatic N) is 1. The highest BCUT2D eigenvalue weighted by Crippen LogP contribution is 2.26. The first-order chi connectivity index (χ1) is 11.8. The van der Waals surface area contributed by atoms with E-state index in [0.29, 0.717) is 30.7 Å². The van der Waals surface area contributed by atoms with Gasteiger partial charge in [-0.2, -0.15) is 0 Å². The third-order valence-corrected chi connectivity index (χ3v) is 3.99. The van der Waals surface area contributed by atoms with Crippen LogP contribution in [-0.4, -0.2) is 47.9 Å². The lowest BCUT2D eigenvalue weighted by molar-refractivity contribution is -0.125. The molecule has 0 fully saturated rings. The van der Waals surface area contributed by atoms with Crippen LogP contribution in [0.15, 0.2) is 24.3 Å². The van der Waals surface area contributed by atoms with Crippen LogP contribution < -0.4 is 5.32 Å². The van der Waals surface area contributed by atoms with Crippen LogP contribution in [0.1, 0.15) is 54.8 Å². The number of hydrogen-bond acceptors (Lipinski definition) is 4. The number of carbonyl (C=O) groups is 3. The molecule has 1 aliphatic rings. The molecule has 25 heavy (non-hydrogen) atoms. The minimum atomic E-state index is -0.813. The number of hydrogen-bond donors (Lipinski definition) is 1. The fourth-order valence-electron chi connectivity index (χ4n) is 2.85. The molecule has 6 nitrogen and oxygen atoms in total. The van der Waals surface area contributed by atoms with Gasteiger partial charge in [-0.15, -0.1) is 0 Å². The third kappa shape index (κ3) is 4.45. The zero-order chi connectivity index (χ0) is 18.6. The normalized spacial score (nSPS) is 15.0. The second-order valence-corrected chi connectivity index (χ2v) is 6.88. The van der Waals surface area contributed by atoms with Gasteiger partial charge in [0.2, 0.25) is 5.91 Å². The van der Waals surface area contributed by atoms with E-state index in [0.717, 1.165) is 4.90 Å². The van der Waals surface area contributed by atoms with Gasteiger partial charge in [0.15, 0.2) is 0 Å². The topological polar surface area (TPSA) is 75.7 Å². The Morgan fingerprint density at radius 3 is 2.12 bits per heavy atom. The molecular formula is C19H26N2O4. The van der Waals surface area contributed by atoms with Crippen molar-refractivity contribution in [2.45, 2.75) is 46.3 Å². The van der Waals surface area contributed by atoms with Crippen molar-refractivity contribution in [3.8, 4) is 0 Å². The number of fused-ring (bicyclic) bond motifs is 1. The first-order valence-electron chi connectivity index (χ1n) is 8.69. The summed E-state index contributed by atoms with van der Waals surface area (Å²) < 4.78 is 5.41. The van der Waals surface area contributed by atoms with Gasteiger partial charge in [0.25, 0.3) is 11.8 Å². The van der Waals surface area contributed by atoms with E-state index in [2.05, 4.69) is 5.32 Å². The van der Waals surface area contributed by atoms with E-state index in [9.17, 15) is 14.4 Å². The lowest BCUT2D eigenvalue weighted by Crippen LogP contribution is -2.50. The van der Waals surface area contributed by atoms with Crippen molar-refractivity contribution in [1.82, 2.24) is 10.2 Å². The molecule has 1 N–H and O–H groups in total. The average Bonchev–Trinajstić information content (AvgIpc) is 2.81. The second-order valence-electron chi connectivity index (χ2n) is 6.88. The van der Waals surface area contributed by atoms with Crippen molar-refractivity contribution < 1.29 is 19.1 Å². The summed E-state index contributed by atoms with van der Waals surface area (Å²) in [6, 6.07) is 5.86. The van der Waals surface area contributed by atoms with E-state index in [1.165, 1.54) is 0 Å². The Balaban J connectivity index is 2.14. The van der Waals surface area contributed by atoms with E-state index < -0.39 is 17.9 Å². The maximum Gasteiger partial charge on any atom is 0.262 e. The number of amides is 3. The zero-order valence-electron chi connectivity index (χ0n) is 15.2. The lowest BCUT2D eigenvalue weighted by Gasteiger charge is -2.26. The monoisotopic (exact) mass is 346 g/mol. The maximum absolute atomic E-state index is 12.7. The number of carbonyl (C=O) groups excluding carboxylic acids is 3. The van der Waals surface area contributed by atoms with Gasteiger partial charge in [-0.05, 0) is 38.3 Å².